The molecule has 9 unspecified atom stereocenters. The van der Waals surface area contributed by atoms with Crippen molar-refractivity contribution in [3.63, 3.8) is 0 Å². The van der Waals surface area contributed by atoms with Gasteiger partial charge in [0.1, 0.15) is 22.8 Å². The SMILES string of the molecule is CCCCCCC(C)OP(=O)([O-])CC(CC)CCCC.CCCCCCC(C)OP(=O)([O-])CC(CC)CCCC.CCCCCCC(C)OP(=O)([O-])CC(CC)CCCC.[Fe+3]. The standard InChI is InChI=1S/3C16H35O3P.Fe/c3*1-5-8-10-11-12-15(4)19-20(17,18)14-16(7-3)13-9-6-2;/h3*15-16H,5-14H2,1-4H3,(H,17,18);/q;;;+3/p-3. The minimum Gasteiger partial charge on any atom is -0.778 e. The minimum atomic E-state index is -3.67. The van der Waals surface area contributed by atoms with E-state index in [0.717, 1.165) is 116 Å². The second-order valence-electron chi connectivity index (χ2n) is 17.9. The van der Waals surface area contributed by atoms with Crippen molar-refractivity contribution in [3.8, 4) is 0 Å². The Labute approximate surface area is 391 Å². The van der Waals surface area contributed by atoms with Crippen LogP contribution in [0.15, 0.2) is 0 Å². The molecule has 0 saturated carbocycles. The Balaban J connectivity index is -0.000000396. The molecule has 9 atom stereocenters. The molecular weight excluding hydrogens is 869 g/mol. The minimum absolute atomic E-state index is 0. The molecule has 371 valence electrons. The summed E-state index contributed by atoms with van der Waals surface area (Å²) in [5.41, 5.74) is 0. The van der Waals surface area contributed by atoms with E-state index >= 15 is 0 Å². The van der Waals surface area contributed by atoms with Gasteiger partial charge in [0, 0.05) is 18.5 Å². The molecule has 1 radical (unpaired) electrons. The molecule has 0 N–H and O–H groups in total. The number of rotatable bonds is 39. The molecule has 0 aromatic heterocycles. The fourth-order valence-electron chi connectivity index (χ4n) is 7.39. The van der Waals surface area contributed by atoms with Gasteiger partial charge < -0.3 is 41.9 Å². The van der Waals surface area contributed by atoms with E-state index in [4.69, 9.17) is 13.6 Å². The van der Waals surface area contributed by atoms with Crippen molar-refractivity contribution in [2.24, 2.45) is 17.8 Å². The topological polar surface area (TPSA) is 148 Å². The Bertz CT molecular complexity index is 941. The molecule has 0 aromatic carbocycles. The maximum atomic E-state index is 12.1. The van der Waals surface area contributed by atoms with Gasteiger partial charge in [-0.25, -0.2) is 0 Å². The molecule has 9 nitrogen and oxygen atoms in total. The Morgan fingerprint density at radius 1 is 0.344 bits per heavy atom. The molecule has 0 amide bonds. The second kappa shape index (κ2) is 44.8. The van der Waals surface area contributed by atoms with Crippen molar-refractivity contribution >= 4 is 22.8 Å². The summed E-state index contributed by atoms with van der Waals surface area (Å²) in [6.45, 7) is 24.8. The van der Waals surface area contributed by atoms with Crippen LogP contribution in [0.4, 0.5) is 0 Å². The van der Waals surface area contributed by atoms with Crippen LogP contribution >= 0.6 is 22.8 Å². The van der Waals surface area contributed by atoms with Crippen LogP contribution in [-0.2, 0) is 44.3 Å². The van der Waals surface area contributed by atoms with Crippen LogP contribution < -0.4 is 14.7 Å². The molecule has 0 spiro atoms. The summed E-state index contributed by atoms with van der Waals surface area (Å²) < 4.78 is 52.2. The average Bonchev–Trinajstić information content (AvgIpc) is 3.18. The zero-order valence-corrected chi connectivity index (χ0v) is 45.8. The number of hydrogen-bond donors (Lipinski definition) is 0. The molecule has 61 heavy (non-hydrogen) atoms. The monoisotopic (exact) mass is 972 g/mol. The summed E-state index contributed by atoms with van der Waals surface area (Å²) in [7, 11) is -11.0. The third kappa shape index (κ3) is 47.3. The predicted octanol–water partition coefficient (Wildman–Crippen LogP) is 15.4. The van der Waals surface area contributed by atoms with Gasteiger partial charge in [-0.1, -0.05) is 197 Å². The Hall–Kier alpha value is 0.969. The summed E-state index contributed by atoms with van der Waals surface area (Å²) in [5, 5.41) is 0. The van der Waals surface area contributed by atoms with Crippen molar-refractivity contribution in [2.45, 2.75) is 275 Å². The van der Waals surface area contributed by atoms with Gasteiger partial charge in [-0.2, -0.15) is 0 Å². The van der Waals surface area contributed by atoms with Crippen LogP contribution in [0.3, 0.4) is 0 Å². The van der Waals surface area contributed by atoms with E-state index in [1.54, 1.807) is 0 Å². The van der Waals surface area contributed by atoms with Gasteiger partial charge in [-0.15, -0.1) is 0 Å². The van der Waals surface area contributed by atoms with Crippen LogP contribution in [0.1, 0.15) is 256 Å². The van der Waals surface area contributed by atoms with Crippen molar-refractivity contribution in [1.29, 1.82) is 0 Å². The van der Waals surface area contributed by atoms with Gasteiger partial charge in [0.25, 0.3) is 0 Å². The van der Waals surface area contributed by atoms with Crippen LogP contribution in [0.25, 0.3) is 0 Å². The Morgan fingerprint density at radius 2 is 0.557 bits per heavy atom. The van der Waals surface area contributed by atoms with Crippen molar-refractivity contribution in [2.75, 3.05) is 18.5 Å². The zero-order valence-electron chi connectivity index (χ0n) is 42.0. The van der Waals surface area contributed by atoms with Gasteiger partial charge in [0.05, 0.1) is 18.3 Å². The average molecular weight is 972 g/mol. The van der Waals surface area contributed by atoms with Crippen LogP contribution in [0.2, 0.25) is 0 Å². The number of unbranched alkanes of at least 4 members (excludes halogenated alkanes) is 12. The molecule has 0 rings (SSSR count). The summed E-state index contributed by atoms with van der Waals surface area (Å²) in [4.78, 5) is 36.2. The van der Waals surface area contributed by atoms with Crippen LogP contribution in [0, 0.1) is 17.8 Å². The molecule has 0 fully saturated rings. The molecule has 13 heteroatoms. The first-order chi connectivity index (χ1) is 28.3. The first kappa shape index (κ1) is 68.5. The quantitative estimate of drug-likeness (QED) is 0.0333. The molecule has 0 aliphatic carbocycles. The van der Waals surface area contributed by atoms with E-state index in [0.29, 0.717) is 0 Å². The van der Waals surface area contributed by atoms with Crippen LogP contribution in [0.5, 0.6) is 0 Å². The van der Waals surface area contributed by atoms with Gasteiger partial charge in [0.2, 0.25) is 0 Å². The first-order valence-electron chi connectivity index (χ1n) is 25.3. The maximum absolute atomic E-state index is 12.1. The Kier molecular flexibility index (Phi) is 50.3. The van der Waals surface area contributed by atoms with E-state index in [-0.39, 0.29) is 71.6 Å². The summed E-state index contributed by atoms with van der Waals surface area (Å²) >= 11 is 0. The summed E-state index contributed by atoms with van der Waals surface area (Å²) in [5.74, 6) is 0.765. The molecule has 0 heterocycles. The first-order valence-corrected chi connectivity index (χ1v) is 30.5. The summed E-state index contributed by atoms with van der Waals surface area (Å²) in [6, 6.07) is 0. The molecule has 0 aliphatic heterocycles. The van der Waals surface area contributed by atoms with Gasteiger partial charge in [0.15, 0.2) is 0 Å². The smallest absolute Gasteiger partial charge is 0.778 e. The fourth-order valence-corrected chi connectivity index (χ4v) is 12.8. The molecule has 0 aliphatic rings. The predicted molar refractivity (Wildman–Crippen MR) is 255 cm³/mol. The van der Waals surface area contributed by atoms with Crippen molar-refractivity contribution in [3.05, 3.63) is 0 Å². The summed E-state index contributed by atoms with van der Waals surface area (Å²) in [6.07, 6.45) is 29.0. The van der Waals surface area contributed by atoms with Gasteiger partial charge in [-0.3, -0.25) is 0 Å². The fraction of sp³-hybridized carbons (Fsp3) is 1.00. The van der Waals surface area contributed by atoms with E-state index in [2.05, 4.69) is 62.3 Å². The zero-order chi connectivity index (χ0) is 46.3. The van der Waals surface area contributed by atoms with E-state index in [1.165, 1.54) is 57.8 Å². The molecule has 0 saturated heterocycles. The third-order valence-electron chi connectivity index (χ3n) is 11.5. The maximum Gasteiger partial charge on any atom is 3.00 e. The normalized spacial score (nSPS) is 17.4. The van der Waals surface area contributed by atoms with Crippen molar-refractivity contribution in [1.82, 2.24) is 0 Å². The van der Waals surface area contributed by atoms with Crippen LogP contribution in [-0.4, -0.2) is 36.8 Å². The third-order valence-corrected chi connectivity index (χ3v) is 16.4. The molecule has 0 aromatic rings. The molecule has 0 bridgehead atoms. The van der Waals surface area contributed by atoms with E-state index in [9.17, 15) is 28.4 Å². The number of hydrogen-bond acceptors (Lipinski definition) is 9. The van der Waals surface area contributed by atoms with Gasteiger partial charge in [-0.05, 0) is 77.0 Å². The second-order valence-corrected chi connectivity index (χ2v) is 23.3. The van der Waals surface area contributed by atoms with E-state index < -0.39 is 22.8 Å². The molecular formula is C48H102FeO9P3. The largest absolute Gasteiger partial charge is 3.00 e. The van der Waals surface area contributed by atoms with E-state index in [1.807, 2.05) is 20.8 Å². The Morgan fingerprint density at radius 3 is 0.738 bits per heavy atom. The van der Waals surface area contributed by atoms with Crippen molar-refractivity contribution < 1.29 is 59.0 Å². The van der Waals surface area contributed by atoms with Gasteiger partial charge >= 0.3 is 17.1 Å².